The van der Waals surface area contributed by atoms with E-state index in [9.17, 15) is 9.18 Å². The summed E-state index contributed by atoms with van der Waals surface area (Å²) in [4.78, 5) is 13.9. The Labute approximate surface area is 136 Å². The van der Waals surface area contributed by atoms with Gasteiger partial charge in [-0.2, -0.15) is 0 Å². The van der Waals surface area contributed by atoms with Crippen molar-refractivity contribution in [1.29, 1.82) is 0 Å². The number of carbonyl (C=O) groups excluding carboxylic acids is 1. The van der Waals surface area contributed by atoms with Crippen molar-refractivity contribution in [3.8, 4) is 0 Å². The topological polar surface area (TPSA) is 20.3 Å². The van der Waals surface area contributed by atoms with Crippen molar-refractivity contribution in [2.24, 2.45) is 0 Å². The molecule has 2 aromatic carbocycles. The summed E-state index contributed by atoms with van der Waals surface area (Å²) in [7, 11) is 1.66. The SMILES string of the molecule is C[C@@H](c1ccc(Cl)cc1)N(C)C(=O)c1ccc(Br)cc1F. The normalized spacial score (nSPS) is 12.0. The number of carbonyl (C=O) groups is 1. The number of nitrogens with zero attached hydrogens (tertiary/aromatic N) is 1. The van der Waals surface area contributed by atoms with E-state index in [4.69, 9.17) is 11.6 Å². The average Bonchev–Trinajstić information content (AvgIpc) is 2.46. The fraction of sp³-hybridized carbons (Fsp3) is 0.188. The van der Waals surface area contributed by atoms with Crippen LogP contribution in [0, 0.1) is 5.82 Å². The molecule has 2 nitrogen and oxygen atoms in total. The second-order valence-electron chi connectivity index (χ2n) is 4.77. The number of hydrogen-bond donors (Lipinski definition) is 0. The van der Waals surface area contributed by atoms with Crippen molar-refractivity contribution in [3.05, 3.63) is 68.9 Å². The Kier molecular flexibility index (Phi) is 5.01. The van der Waals surface area contributed by atoms with Crippen LogP contribution in [0.25, 0.3) is 0 Å². The summed E-state index contributed by atoms with van der Waals surface area (Å²) in [6, 6.07) is 11.5. The van der Waals surface area contributed by atoms with Crippen LogP contribution in [0.15, 0.2) is 46.9 Å². The van der Waals surface area contributed by atoms with Crippen molar-refractivity contribution in [1.82, 2.24) is 4.90 Å². The quantitative estimate of drug-likeness (QED) is 0.738. The van der Waals surface area contributed by atoms with Crippen molar-refractivity contribution < 1.29 is 9.18 Å². The summed E-state index contributed by atoms with van der Waals surface area (Å²) in [5.41, 5.74) is 0.995. The van der Waals surface area contributed by atoms with Gasteiger partial charge in [0.1, 0.15) is 5.82 Å². The van der Waals surface area contributed by atoms with E-state index in [1.807, 2.05) is 19.1 Å². The lowest BCUT2D eigenvalue weighted by Gasteiger charge is -2.25. The third kappa shape index (κ3) is 3.63. The Bertz CT molecular complexity index is 660. The number of halogens is 3. The first-order valence-electron chi connectivity index (χ1n) is 6.38. The maximum atomic E-state index is 13.9. The van der Waals surface area contributed by atoms with Crippen molar-refractivity contribution in [2.75, 3.05) is 7.05 Å². The van der Waals surface area contributed by atoms with Gasteiger partial charge in [0, 0.05) is 16.5 Å². The zero-order valence-electron chi connectivity index (χ0n) is 11.6. The molecule has 2 rings (SSSR count). The highest BCUT2D eigenvalue weighted by Gasteiger charge is 2.21. The first-order valence-corrected chi connectivity index (χ1v) is 7.55. The largest absolute Gasteiger partial charge is 0.335 e. The molecule has 0 aliphatic rings. The van der Waals surface area contributed by atoms with Crippen molar-refractivity contribution in [3.63, 3.8) is 0 Å². The zero-order valence-corrected chi connectivity index (χ0v) is 14.0. The molecular weight excluding hydrogens is 357 g/mol. The first kappa shape index (κ1) is 16.0. The summed E-state index contributed by atoms with van der Waals surface area (Å²) in [5, 5.41) is 0.638. The number of benzene rings is 2. The Morgan fingerprint density at radius 1 is 1.24 bits per heavy atom. The van der Waals surface area contributed by atoms with Gasteiger partial charge in [0.2, 0.25) is 0 Å². The lowest BCUT2D eigenvalue weighted by atomic mass is 10.1. The predicted octanol–water partition coefficient (Wildman–Crippen LogP) is 5.07. The summed E-state index contributed by atoms with van der Waals surface area (Å²) in [6.07, 6.45) is 0. The summed E-state index contributed by atoms with van der Waals surface area (Å²) in [6.45, 7) is 1.89. The molecule has 0 heterocycles. The van der Waals surface area contributed by atoms with Gasteiger partial charge in [0.25, 0.3) is 5.91 Å². The minimum Gasteiger partial charge on any atom is -0.335 e. The molecule has 0 saturated heterocycles. The van der Waals surface area contributed by atoms with E-state index in [0.29, 0.717) is 9.50 Å². The zero-order chi connectivity index (χ0) is 15.6. The minimum atomic E-state index is -0.537. The van der Waals surface area contributed by atoms with Gasteiger partial charge in [0.05, 0.1) is 11.6 Å². The van der Waals surface area contributed by atoms with Crippen molar-refractivity contribution >= 4 is 33.4 Å². The van der Waals surface area contributed by atoms with Crippen LogP contribution in [0.5, 0.6) is 0 Å². The fourth-order valence-electron chi connectivity index (χ4n) is 1.99. The molecule has 0 spiro atoms. The van der Waals surface area contributed by atoms with E-state index in [-0.39, 0.29) is 17.5 Å². The maximum Gasteiger partial charge on any atom is 0.257 e. The third-order valence-electron chi connectivity index (χ3n) is 3.42. The van der Waals surface area contributed by atoms with Crippen LogP contribution in [0.1, 0.15) is 28.9 Å². The van der Waals surface area contributed by atoms with Crippen LogP contribution < -0.4 is 0 Å². The van der Waals surface area contributed by atoms with Gasteiger partial charge in [0.15, 0.2) is 0 Å². The van der Waals surface area contributed by atoms with E-state index < -0.39 is 5.82 Å². The van der Waals surface area contributed by atoms with Gasteiger partial charge in [-0.25, -0.2) is 4.39 Å². The molecule has 110 valence electrons. The van der Waals surface area contributed by atoms with Gasteiger partial charge in [-0.05, 0) is 42.8 Å². The highest BCUT2D eigenvalue weighted by molar-refractivity contribution is 9.10. The van der Waals surface area contributed by atoms with Crippen molar-refractivity contribution in [2.45, 2.75) is 13.0 Å². The second kappa shape index (κ2) is 6.58. The lowest BCUT2D eigenvalue weighted by molar-refractivity contribution is 0.0738. The van der Waals surface area contributed by atoms with Gasteiger partial charge in [-0.15, -0.1) is 0 Å². The second-order valence-corrected chi connectivity index (χ2v) is 6.12. The highest BCUT2D eigenvalue weighted by atomic mass is 79.9. The van der Waals surface area contributed by atoms with Gasteiger partial charge in [-0.3, -0.25) is 4.79 Å². The van der Waals surface area contributed by atoms with E-state index in [1.54, 1.807) is 25.2 Å². The van der Waals surface area contributed by atoms with Crippen LogP contribution in [0.2, 0.25) is 5.02 Å². The molecule has 0 aromatic heterocycles. The standard InChI is InChI=1S/C16H14BrClFNO/c1-10(11-3-6-13(18)7-4-11)20(2)16(21)14-8-5-12(17)9-15(14)19/h3-10H,1-2H3/t10-/m0/s1. The molecule has 0 unspecified atom stereocenters. The van der Waals surface area contributed by atoms with Crippen LogP contribution >= 0.6 is 27.5 Å². The van der Waals surface area contributed by atoms with Gasteiger partial charge >= 0.3 is 0 Å². The molecule has 21 heavy (non-hydrogen) atoms. The van der Waals surface area contributed by atoms with Crippen LogP contribution in [0.4, 0.5) is 4.39 Å². The Morgan fingerprint density at radius 3 is 2.43 bits per heavy atom. The first-order chi connectivity index (χ1) is 9.90. The fourth-order valence-corrected chi connectivity index (χ4v) is 2.45. The van der Waals surface area contributed by atoms with Crippen LogP contribution in [-0.2, 0) is 0 Å². The van der Waals surface area contributed by atoms with E-state index in [0.717, 1.165) is 5.56 Å². The molecule has 0 saturated carbocycles. The van der Waals surface area contributed by atoms with E-state index in [2.05, 4.69) is 15.9 Å². The Hall–Kier alpha value is -1.39. The molecule has 0 N–H and O–H groups in total. The summed E-state index contributed by atoms with van der Waals surface area (Å²) >= 11 is 9.03. The number of amides is 1. The maximum absolute atomic E-state index is 13.9. The number of rotatable bonds is 3. The summed E-state index contributed by atoms with van der Waals surface area (Å²) < 4.78 is 14.5. The predicted molar refractivity (Wildman–Crippen MR) is 86.1 cm³/mol. The molecule has 0 aliphatic heterocycles. The lowest BCUT2D eigenvalue weighted by Crippen LogP contribution is -2.30. The Balaban J connectivity index is 2.24. The van der Waals surface area contributed by atoms with E-state index >= 15 is 0 Å². The molecular formula is C16H14BrClFNO. The Morgan fingerprint density at radius 2 is 1.86 bits per heavy atom. The third-order valence-corrected chi connectivity index (χ3v) is 4.16. The molecule has 5 heteroatoms. The van der Waals surface area contributed by atoms with Crippen LogP contribution in [-0.4, -0.2) is 17.9 Å². The minimum absolute atomic E-state index is 0.0570. The monoisotopic (exact) mass is 369 g/mol. The molecule has 0 bridgehead atoms. The van der Waals surface area contributed by atoms with Gasteiger partial charge < -0.3 is 4.90 Å². The van der Waals surface area contributed by atoms with E-state index in [1.165, 1.54) is 17.0 Å². The molecule has 2 aromatic rings. The molecule has 0 fully saturated rings. The van der Waals surface area contributed by atoms with Crippen LogP contribution in [0.3, 0.4) is 0 Å². The average molecular weight is 371 g/mol. The summed E-state index contributed by atoms with van der Waals surface area (Å²) in [5.74, 6) is -0.896. The highest BCUT2D eigenvalue weighted by Crippen LogP contribution is 2.24. The number of hydrogen-bond acceptors (Lipinski definition) is 1. The molecule has 0 aliphatic carbocycles. The molecule has 1 amide bonds. The smallest absolute Gasteiger partial charge is 0.257 e. The van der Waals surface area contributed by atoms with Gasteiger partial charge in [-0.1, -0.05) is 39.7 Å². The molecule has 1 atom stereocenters. The molecule has 0 radical (unpaired) electrons.